The van der Waals surface area contributed by atoms with Gasteiger partial charge in [-0.3, -0.25) is 9.78 Å². The van der Waals surface area contributed by atoms with E-state index in [2.05, 4.69) is 31.3 Å². The first-order chi connectivity index (χ1) is 15.2. The average Bonchev–Trinajstić information content (AvgIpc) is 3.46. The van der Waals surface area contributed by atoms with Crippen LogP contribution in [0.1, 0.15) is 16.8 Å². The summed E-state index contributed by atoms with van der Waals surface area (Å²) in [6, 6.07) is 13.2. The van der Waals surface area contributed by atoms with Crippen molar-refractivity contribution in [2.24, 2.45) is 5.92 Å². The lowest BCUT2D eigenvalue weighted by Gasteiger charge is -2.14. The molecule has 0 spiro atoms. The smallest absolute Gasteiger partial charge is 0.257 e. The molecule has 7 nitrogen and oxygen atoms in total. The molecule has 1 unspecified atom stereocenters. The van der Waals surface area contributed by atoms with Crippen molar-refractivity contribution < 1.29 is 9.53 Å². The number of anilines is 1. The first kappa shape index (κ1) is 19.8. The van der Waals surface area contributed by atoms with Gasteiger partial charge in [0, 0.05) is 53.0 Å². The van der Waals surface area contributed by atoms with Gasteiger partial charge in [-0.25, -0.2) is 9.67 Å². The van der Waals surface area contributed by atoms with Crippen LogP contribution in [0.15, 0.2) is 65.5 Å². The van der Waals surface area contributed by atoms with Crippen LogP contribution in [0.5, 0.6) is 0 Å². The zero-order valence-corrected chi connectivity index (χ0v) is 18.2. The Morgan fingerprint density at radius 3 is 2.84 bits per heavy atom. The number of pyridine rings is 2. The Morgan fingerprint density at radius 1 is 1.16 bits per heavy atom. The molecule has 5 rings (SSSR count). The van der Waals surface area contributed by atoms with Crippen molar-refractivity contribution in [1.29, 1.82) is 0 Å². The lowest BCUT2D eigenvalue weighted by molar-refractivity contribution is 0.102. The van der Waals surface area contributed by atoms with Crippen molar-refractivity contribution in [2.75, 3.05) is 18.5 Å². The van der Waals surface area contributed by atoms with Crippen LogP contribution in [0.3, 0.4) is 0 Å². The molecule has 4 aromatic rings. The van der Waals surface area contributed by atoms with E-state index in [9.17, 15) is 4.79 Å². The third-order valence-electron chi connectivity index (χ3n) is 5.40. The molecule has 1 aromatic carbocycles. The zero-order chi connectivity index (χ0) is 21.2. The number of hydrogen-bond acceptors (Lipinski definition) is 5. The van der Waals surface area contributed by atoms with Gasteiger partial charge in [0.25, 0.3) is 5.91 Å². The first-order valence-electron chi connectivity index (χ1n) is 10.1. The third-order valence-corrected chi connectivity index (χ3v) is 5.90. The predicted molar refractivity (Wildman–Crippen MR) is 122 cm³/mol. The van der Waals surface area contributed by atoms with Crippen LogP contribution in [0.25, 0.3) is 22.2 Å². The van der Waals surface area contributed by atoms with E-state index >= 15 is 0 Å². The Kier molecular flexibility index (Phi) is 5.48. The molecule has 8 heteroatoms. The highest BCUT2D eigenvalue weighted by atomic mass is 79.9. The summed E-state index contributed by atoms with van der Waals surface area (Å²) >= 11 is 3.51. The highest BCUT2D eigenvalue weighted by Gasteiger charge is 2.20. The van der Waals surface area contributed by atoms with Crippen LogP contribution < -0.4 is 5.32 Å². The van der Waals surface area contributed by atoms with Gasteiger partial charge < -0.3 is 10.1 Å². The van der Waals surface area contributed by atoms with Gasteiger partial charge in [-0.15, -0.1) is 0 Å². The maximum absolute atomic E-state index is 13.4. The molecule has 1 fully saturated rings. The Hall–Kier alpha value is -3.10. The van der Waals surface area contributed by atoms with Crippen LogP contribution in [0.2, 0.25) is 0 Å². The molecule has 1 N–H and O–H groups in total. The number of amides is 1. The van der Waals surface area contributed by atoms with E-state index in [1.54, 1.807) is 18.6 Å². The maximum Gasteiger partial charge on any atom is 0.257 e. The number of rotatable bonds is 5. The number of carbonyl (C=O) groups excluding carboxylic acids is 1. The minimum Gasteiger partial charge on any atom is -0.381 e. The summed E-state index contributed by atoms with van der Waals surface area (Å²) in [6.45, 7) is 2.22. The number of halogens is 1. The minimum absolute atomic E-state index is 0.203. The largest absolute Gasteiger partial charge is 0.381 e. The number of aromatic nitrogens is 4. The molecule has 1 aliphatic heterocycles. The second-order valence-corrected chi connectivity index (χ2v) is 8.45. The van der Waals surface area contributed by atoms with Gasteiger partial charge in [0.05, 0.1) is 29.6 Å². The minimum atomic E-state index is -0.203. The number of ether oxygens (including phenoxy) is 1. The zero-order valence-electron chi connectivity index (χ0n) is 16.7. The molecule has 1 aliphatic rings. The quantitative estimate of drug-likeness (QED) is 0.456. The van der Waals surface area contributed by atoms with Gasteiger partial charge in [-0.1, -0.05) is 15.9 Å². The van der Waals surface area contributed by atoms with Crippen LogP contribution >= 0.6 is 15.9 Å². The van der Waals surface area contributed by atoms with Gasteiger partial charge in [0.1, 0.15) is 5.82 Å². The van der Waals surface area contributed by atoms with E-state index in [0.29, 0.717) is 23.8 Å². The van der Waals surface area contributed by atoms with Gasteiger partial charge in [0.15, 0.2) is 0 Å². The molecule has 156 valence electrons. The molecule has 1 atom stereocenters. The van der Waals surface area contributed by atoms with Gasteiger partial charge in [0.2, 0.25) is 0 Å². The molecular weight excluding hydrogens is 458 g/mol. The van der Waals surface area contributed by atoms with Crippen molar-refractivity contribution >= 4 is 38.6 Å². The van der Waals surface area contributed by atoms with E-state index in [4.69, 9.17) is 9.72 Å². The SMILES string of the molecule is O=C(Nc1ccnn1CC1CCOC1)c1cc(-c2ccncc2)nc2ccc(Br)cc12. The molecule has 31 heavy (non-hydrogen) atoms. The summed E-state index contributed by atoms with van der Waals surface area (Å²) in [4.78, 5) is 22.2. The Bertz CT molecular complexity index is 1240. The maximum atomic E-state index is 13.4. The molecule has 1 saturated heterocycles. The van der Waals surface area contributed by atoms with E-state index in [1.807, 2.05) is 47.1 Å². The van der Waals surface area contributed by atoms with Gasteiger partial charge in [-0.2, -0.15) is 5.10 Å². The van der Waals surface area contributed by atoms with E-state index in [0.717, 1.165) is 46.3 Å². The first-order valence-corrected chi connectivity index (χ1v) is 10.9. The average molecular weight is 478 g/mol. The van der Waals surface area contributed by atoms with Crippen molar-refractivity contribution in [2.45, 2.75) is 13.0 Å². The molecule has 0 aliphatic carbocycles. The lowest BCUT2D eigenvalue weighted by Crippen LogP contribution is -2.19. The van der Waals surface area contributed by atoms with Crippen LogP contribution in [-0.4, -0.2) is 38.9 Å². The Balaban J connectivity index is 1.51. The summed E-state index contributed by atoms with van der Waals surface area (Å²) in [5.41, 5.74) is 2.92. The fraction of sp³-hybridized carbons (Fsp3) is 0.217. The lowest BCUT2D eigenvalue weighted by atomic mass is 10.0. The number of nitrogens with one attached hydrogen (secondary N) is 1. The molecule has 0 saturated carbocycles. The van der Waals surface area contributed by atoms with Crippen molar-refractivity contribution in [1.82, 2.24) is 19.7 Å². The summed E-state index contributed by atoms with van der Waals surface area (Å²) in [5.74, 6) is 0.874. The fourth-order valence-electron chi connectivity index (χ4n) is 3.80. The predicted octanol–water partition coefficient (Wildman–Crippen LogP) is 4.54. The van der Waals surface area contributed by atoms with Gasteiger partial charge in [-0.05, 0) is 42.8 Å². The Labute approximate surface area is 187 Å². The van der Waals surface area contributed by atoms with Crippen molar-refractivity contribution in [3.05, 3.63) is 71.1 Å². The molecule has 4 heterocycles. The number of benzene rings is 1. The Morgan fingerprint density at radius 2 is 2.03 bits per heavy atom. The summed E-state index contributed by atoms with van der Waals surface area (Å²) < 4.78 is 8.19. The van der Waals surface area contributed by atoms with Crippen LogP contribution in [-0.2, 0) is 11.3 Å². The van der Waals surface area contributed by atoms with E-state index in [1.165, 1.54) is 0 Å². The topological polar surface area (TPSA) is 81.9 Å². The van der Waals surface area contributed by atoms with Crippen LogP contribution in [0.4, 0.5) is 5.82 Å². The summed E-state index contributed by atoms with van der Waals surface area (Å²) in [7, 11) is 0. The monoisotopic (exact) mass is 477 g/mol. The van der Waals surface area contributed by atoms with Crippen molar-refractivity contribution in [3.63, 3.8) is 0 Å². The van der Waals surface area contributed by atoms with Crippen LogP contribution in [0, 0.1) is 5.92 Å². The second kappa shape index (κ2) is 8.56. The number of nitrogens with zero attached hydrogens (tertiary/aromatic N) is 4. The van der Waals surface area contributed by atoms with E-state index < -0.39 is 0 Å². The summed E-state index contributed by atoms with van der Waals surface area (Å²) in [5, 5.41) is 8.20. The number of fused-ring (bicyclic) bond motifs is 1. The second-order valence-electron chi connectivity index (χ2n) is 7.53. The molecule has 3 aromatic heterocycles. The molecular formula is C23H20BrN5O2. The normalized spacial score (nSPS) is 16.0. The van der Waals surface area contributed by atoms with E-state index in [-0.39, 0.29) is 5.91 Å². The number of carbonyl (C=O) groups is 1. The fourth-order valence-corrected chi connectivity index (χ4v) is 4.16. The molecule has 0 bridgehead atoms. The van der Waals surface area contributed by atoms with Gasteiger partial charge >= 0.3 is 0 Å². The standard InChI is InChI=1S/C23H20BrN5O2/c24-17-1-2-20-18(11-17)19(12-21(27-20)16-3-7-25-8-4-16)23(30)28-22-5-9-26-29(22)13-15-6-10-31-14-15/h1-5,7-9,11-12,15H,6,10,13-14H2,(H,28,30). The molecule has 0 radical (unpaired) electrons. The molecule has 1 amide bonds. The van der Waals surface area contributed by atoms with Crippen molar-refractivity contribution in [3.8, 4) is 11.3 Å². The third kappa shape index (κ3) is 4.22. The summed E-state index contributed by atoms with van der Waals surface area (Å²) in [6.07, 6.45) is 6.14. The number of hydrogen-bond donors (Lipinski definition) is 1. The highest BCUT2D eigenvalue weighted by Crippen LogP contribution is 2.28. The highest BCUT2D eigenvalue weighted by molar-refractivity contribution is 9.10.